The molecule has 2 heteroatoms. The van der Waals surface area contributed by atoms with Crippen LogP contribution in [0.3, 0.4) is 0 Å². The van der Waals surface area contributed by atoms with Crippen molar-refractivity contribution in [2.75, 3.05) is 0 Å². The molecule has 10 rings (SSSR count). The molecule has 54 heavy (non-hydrogen) atoms. The van der Waals surface area contributed by atoms with Crippen LogP contribution in [0.25, 0.3) is 27.8 Å². The van der Waals surface area contributed by atoms with E-state index in [0.29, 0.717) is 23.7 Å². The Kier molecular flexibility index (Phi) is 8.76. The number of nitrogens with zero attached hydrogens (tertiary/aromatic N) is 2. The average molecular weight is 699 g/mol. The van der Waals surface area contributed by atoms with Gasteiger partial charge in [0.2, 0.25) is 0 Å². The molecule has 2 heterocycles. The number of hydrogen-bond donors (Lipinski definition) is 0. The second-order valence-corrected chi connectivity index (χ2v) is 16.0. The first-order chi connectivity index (χ1) is 26.7. The zero-order valence-corrected chi connectivity index (χ0v) is 30.7. The summed E-state index contributed by atoms with van der Waals surface area (Å²) >= 11 is 0. The monoisotopic (exact) mass is 698 g/mol. The van der Waals surface area contributed by atoms with Crippen molar-refractivity contribution in [2.45, 2.75) is 55.8 Å². The van der Waals surface area contributed by atoms with Gasteiger partial charge in [-0.3, -0.25) is 9.98 Å². The first-order valence-electron chi connectivity index (χ1n) is 20.0. The van der Waals surface area contributed by atoms with Gasteiger partial charge in [-0.1, -0.05) is 140 Å². The van der Waals surface area contributed by atoms with E-state index in [2.05, 4.69) is 163 Å². The van der Waals surface area contributed by atoms with Crippen LogP contribution >= 0.6 is 0 Å². The van der Waals surface area contributed by atoms with Gasteiger partial charge < -0.3 is 0 Å². The zero-order chi connectivity index (χ0) is 35.8. The van der Waals surface area contributed by atoms with Crippen LogP contribution in [0, 0.1) is 17.8 Å². The molecule has 0 fully saturated rings. The van der Waals surface area contributed by atoms with E-state index in [0.717, 1.165) is 24.5 Å². The first kappa shape index (κ1) is 33.0. The van der Waals surface area contributed by atoms with Crippen molar-refractivity contribution < 1.29 is 0 Å². The van der Waals surface area contributed by atoms with Gasteiger partial charge in [-0.05, 0) is 124 Å². The number of rotatable bonds is 6. The number of fused-ring (bicyclic) bond motifs is 6. The lowest BCUT2D eigenvalue weighted by molar-refractivity contribution is 0.243. The summed E-state index contributed by atoms with van der Waals surface area (Å²) in [6.45, 7) is 0. The molecule has 7 unspecified atom stereocenters. The third-order valence-corrected chi connectivity index (χ3v) is 12.9. The number of allylic oxidation sites excluding steroid dienone is 9. The van der Waals surface area contributed by atoms with Crippen LogP contribution in [0.1, 0.15) is 83.7 Å². The van der Waals surface area contributed by atoms with Crippen LogP contribution in [0.5, 0.6) is 0 Å². The van der Waals surface area contributed by atoms with Gasteiger partial charge in [0, 0.05) is 42.3 Å². The van der Waals surface area contributed by atoms with Crippen LogP contribution in [0.15, 0.2) is 181 Å². The second kappa shape index (κ2) is 14.3. The van der Waals surface area contributed by atoms with Crippen molar-refractivity contribution in [3.8, 4) is 22.3 Å². The van der Waals surface area contributed by atoms with Gasteiger partial charge in [-0.15, -0.1) is 0 Å². The summed E-state index contributed by atoms with van der Waals surface area (Å²) in [7, 11) is 0. The molecule has 0 saturated carbocycles. The fourth-order valence-corrected chi connectivity index (χ4v) is 10.2. The molecule has 2 nitrogen and oxygen atoms in total. The molecular formula is C52H46N2. The van der Waals surface area contributed by atoms with Gasteiger partial charge in [0.1, 0.15) is 0 Å². The third-order valence-electron chi connectivity index (χ3n) is 12.9. The normalized spacial score (nSPS) is 26.6. The molecular weight excluding hydrogens is 653 g/mol. The average Bonchev–Trinajstić information content (AvgIpc) is 3.27. The first-order valence-corrected chi connectivity index (χ1v) is 20.0. The molecule has 1 aromatic heterocycles. The number of benzene rings is 4. The molecule has 0 saturated heterocycles. The SMILES string of the molecule is C1=CC2c3ccccc3C3CC(c4cccc(-c5cccc(-c6cccc(C7C=C(C8C=NC=CC8)C=C(c8ccccn8)C7)c6)c5)c4)C=CC3C2CC1. The van der Waals surface area contributed by atoms with Crippen LogP contribution < -0.4 is 0 Å². The highest BCUT2D eigenvalue weighted by Gasteiger charge is 2.43. The molecule has 0 radical (unpaired) electrons. The summed E-state index contributed by atoms with van der Waals surface area (Å²) in [6.07, 6.45) is 28.6. The van der Waals surface area contributed by atoms with E-state index in [9.17, 15) is 0 Å². The Morgan fingerprint density at radius 3 is 2.11 bits per heavy atom. The Labute approximate surface area is 320 Å². The smallest absolute Gasteiger partial charge is 0.0662 e. The number of aliphatic imine (C=N–C) groups is 1. The molecule has 0 spiro atoms. The van der Waals surface area contributed by atoms with E-state index in [1.165, 1.54) is 63.8 Å². The van der Waals surface area contributed by atoms with Crippen molar-refractivity contribution in [1.29, 1.82) is 0 Å². The maximum Gasteiger partial charge on any atom is 0.0662 e. The molecule has 0 amide bonds. The number of pyridine rings is 1. The van der Waals surface area contributed by atoms with Gasteiger partial charge >= 0.3 is 0 Å². The highest BCUT2D eigenvalue weighted by Crippen LogP contribution is 2.55. The lowest BCUT2D eigenvalue weighted by atomic mass is 9.57. The van der Waals surface area contributed by atoms with E-state index < -0.39 is 0 Å². The highest BCUT2D eigenvalue weighted by molar-refractivity contribution is 5.77. The highest BCUT2D eigenvalue weighted by atomic mass is 14.7. The van der Waals surface area contributed by atoms with Gasteiger partial charge in [0.25, 0.3) is 0 Å². The Bertz CT molecular complexity index is 2370. The van der Waals surface area contributed by atoms with E-state index in [1.54, 1.807) is 11.1 Å². The van der Waals surface area contributed by atoms with Gasteiger partial charge in [-0.2, -0.15) is 0 Å². The van der Waals surface area contributed by atoms with Crippen molar-refractivity contribution in [2.24, 2.45) is 22.7 Å². The Morgan fingerprint density at radius 2 is 1.35 bits per heavy atom. The molecule has 0 bridgehead atoms. The second-order valence-electron chi connectivity index (χ2n) is 16.0. The summed E-state index contributed by atoms with van der Waals surface area (Å²) in [6, 6.07) is 43.2. The zero-order valence-electron chi connectivity index (χ0n) is 30.7. The van der Waals surface area contributed by atoms with Gasteiger partial charge in [0.15, 0.2) is 0 Å². The van der Waals surface area contributed by atoms with Crippen molar-refractivity contribution >= 4 is 11.8 Å². The van der Waals surface area contributed by atoms with E-state index in [1.807, 2.05) is 18.5 Å². The van der Waals surface area contributed by atoms with Gasteiger partial charge in [0.05, 0.1) is 5.69 Å². The molecule has 5 aromatic rings. The summed E-state index contributed by atoms with van der Waals surface area (Å²) < 4.78 is 0. The van der Waals surface area contributed by atoms with E-state index in [4.69, 9.17) is 4.98 Å². The van der Waals surface area contributed by atoms with Gasteiger partial charge in [-0.25, -0.2) is 0 Å². The lowest BCUT2D eigenvalue weighted by Gasteiger charge is -2.46. The predicted molar refractivity (Wildman–Crippen MR) is 224 cm³/mol. The molecule has 0 N–H and O–H groups in total. The topological polar surface area (TPSA) is 25.2 Å². The minimum Gasteiger partial charge on any atom is -0.269 e. The molecule has 4 aliphatic carbocycles. The minimum absolute atomic E-state index is 0.265. The van der Waals surface area contributed by atoms with Crippen LogP contribution in [0.2, 0.25) is 0 Å². The lowest BCUT2D eigenvalue weighted by Crippen LogP contribution is -2.35. The minimum atomic E-state index is 0.265. The Balaban J connectivity index is 0.927. The summed E-state index contributed by atoms with van der Waals surface area (Å²) in [5.74, 6) is 3.48. The fraction of sp³-hybridized carbons (Fsp3) is 0.231. The van der Waals surface area contributed by atoms with Crippen molar-refractivity contribution in [3.63, 3.8) is 0 Å². The third kappa shape index (κ3) is 6.28. The Morgan fingerprint density at radius 1 is 0.611 bits per heavy atom. The molecule has 1 aliphatic heterocycles. The van der Waals surface area contributed by atoms with Crippen LogP contribution in [-0.4, -0.2) is 11.2 Å². The van der Waals surface area contributed by atoms with E-state index in [-0.39, 0.29) is 11.8 Å². The molecule has 4 aromatic carbocycles. The number of aromatic nitrogens is 1. The molecule has 5 aliphatic rings. The van der Waals surface area contributed by atoms with Crippen LogP contribution in [-0.2, 0) is 0 Å². The number of hydrogen-bond acceptors (Lipinski definition) is 2. The fourth-order valence-electron chi connectivity index (χ4n) is 10.2. The summed E-state index contributed by atoms with van der Waals surface area (Å²) in [4.78, 5) is 9.23. The maximum absolute atomic E-state index is 4.74. The molecule has 7 atom stereocenters. The largest absolute Gasteiger partial charge is 0.269 e. The predicted octanol–water partition coefficient (Wildman–Crippen LogP) is 13.0. The summed E-state index contributed by atoms with van der Waals surface area (Å²) in [5.41, 5.74) is 14.7. The van der Waals surface area contributed by atoms with Crippen LogP contribution in [0.4, 0.5) is 0 Å². The molecule has 264 valence electrons. The van der Waals surface area contributed by atoms with Crippen molar-refractivity contribution in [1.82, 2.24) is 4.98 Å². The van der Waals surface area contributed by atoms with Crippen molar-refractivity contribution in [3.05, 3.63) is 204 Å². The van der Waals surface area contributed by atoms with E-state index >= 15 is 0 Å². The summed E-state index contributed by atoms with van der Waals surface area (Å²) in [5, 5.41) is 0. The quantitative estimate of drug-likeness (QED) is 0.162. The Hall–Kier alpha value is -5.60. The standard InChI is InChI=1S/C52H46N2/c1-2-20-48-46(18-1)47-19-3-4-21-49(47)51-33-41(23-24-50(48)51)39-15-8-13-37(28-39)35-11-7-12-36(27-35)38-14-9-16-40(29-38)43-30-44(42-17-10-25-53-34-42)32-45(31-43)52-22-5-6-26-54-52/h1,3-16,18-19,21-30,32,34,41-43,46,48,50-51H,2,17,20,31,33H2. The maximum atomic E-state index is 4.74.